The van der Waals surface area contributed by atoms with E-state index < -0.39 is 17.8 Å². The van der Waals surface area contributed by atoms with Crippen LogP contribution in [0.2, 0.25) is 0 Å². The fourth-order valence-corrected chi connectivity index (χ4v) is 1.59. The van der Waals surface area contributed by atoms with Gasteiger partial charge in [0.15, 0.2) is 0 Å². The molecule has 7 heteroatoms. The maximum atomic E-state index is 12.4. The SMILES string of the molecule is Cc1c(C(=O)O)cnc2cc(C(F)(F)F)ncc12. The average molecular weight is 256 g/mol. The molecule has 0 unspecified atom stereocenters. The molecule has 0 atom stereocenters. The lowest BCUT2D eigenvalue weighted by Gasteiger charge is -2.08. The minimum absolute atomic E-state index is 0.0518. The molecule has 2 heterocycles. The van der Waals surface area contributed by atoms with Crippen LogP contribution in [0.4, 0.5) is 13.2 Å². The number of alkyl halides is 3. The molecule has 4 nitrogen and oxygen atoms in total. The second-order valence-electron chi connectivity index (χ2n) is 3.69. The molecule has 0 aliphatic rings. The van der Waals surface area contributed by atoms with Crippen LogP contribution in [0.5, 0.6) is 0 Å². The largest absolute Gasteiger partial charge is 0.478 e. The van der Waals surface area contributed by atoms with Gasteiger partial charge in [0, 0.05) is 17.8 Å². The highest BCUT2D eigenvalue weighted by Gasteiger charge is 2.32. The Balaban J connectivity index is 2.69. The second kappa shape index (κ2) is 3.94. The van der Waals surface area contributed by atoms with Crippen LogP contribution in [-0.2, 0) is 6.18 Å². The number of hydrogen-bond donors (Lipinski definition) is 1. The van der Waals surface area contributed by atoms with E-state index in [-0.39, 0.29) is 11.1 Å². The van der Waals surface area contributed by atoms with Crippen LogP contribution in [0.1, 0.15) is 21.6 Å². The van der Waals surface area contributed by atoms with Crippen LogP contribution < -0.4 is 0 Å². The quantitative estimate of drug-likeness (QED) is 0.851. The zero-order valence-corrected chi connectivity index (χ0v) is 9.12. The number of aryl methyl sites for hydroxylation is 1. The molecule has 0 bridgehead atoms. The maximum Gasteiger partial charge on any atom is 0.433 e. The average Bonchev–Trinajstić information content (AvgIpc) is 2.27. The lowest BCUT2D eigenvalue weighted by Crippen LogP contribution is -2.08. The number of rotatable bonds is 1. The normalized spacial score (nSPS) is 11.8. The topological polar surface area (TPSA) is 63.1 Å². The minimum atomic E-state index is -4.55. The predicted molar refractivity (Wildman–Crippen MR) is 56.2 cm³/mol. The molecule has 0 aliphatic heterocycles. The van der Waals surface area contributed by atoms with Gasteiger partial charge < -0.3 is 5.11 Å². The van der Waals surface area contributed by atoms with Gasteiger partial charge in [0.1, 0.15) is 5.69 Å². The number of fused-ring (bicyclic) bond motifs is 1. The number of hydrogen-bond acceptors (Lipinski definition) is 3. The van der Waals surface area contributed by atoms with Gasteiger partial charge in [-0.05, 0) is 18.6 Å². The summed E-state index contributed by atoms with van der Waals surface area (Å²) >= 11 is 0. The highest BCUT2D eigenvalue weighted by molar-refractivity contribution is 5.95. The zero-order valence-electron chi connectivity index (χ0n) is 9.12. The summed E-state index contributed by atoms with van der Waals surface area (Å²) in [5, 5.41) is 9.16. The van der Waals surface area contributed by atoms with Crippen LogP contribution in [0.15, 0.2) is 18.5 Å². The van der Waals surface area contributed by atoms with Crippen molar-refractivity contribution in [2.24, 2.45) is 0 Å². The Bertz CT molecular complexity index is 638. The number of halogens is 3. The van der Waals surface area contributed by atoms with Crippen LogP contribution in [0.25, 0.3) is 10.9 Å². The molecule has 0 saturated heterocycles. The van der Waals surface area contributed by atoms with E-state index in [1.165, 1.54) is 6.92 Å². The monoisotopic (exact) mass is 256 g/mol. The minimum Gasteiger partial charge on any atom is -0.478 e. The van der Waals surface area contributed by atoms with Gasteiger partial charge in [0.05, 0.1) is 11.1 Å². The summed E-state index contributed by atoms with van der Waals surface area (Å²) in [4.78, 5) is 17.8. The molecular formula is C11H7F3N2O2. The number of aromatic carboxylic acids is 1. The Morgan fingerprint density at radius 1 is 1.28 bits per heavy atom. The van der Waals surface area contributed by atoms with Gasteiger partial charge in [-0.25, -0.2) is 4.79 Å². The van der Waals surface area contributed by atoms with E-state index >= 15 is 0 Å². The molecule has 2 aromatic heterocycles. The van der Waals surface area contributed by atoms with E-state index in [4.69, 9.17) is 5.11 Å². The molecule has 0 spiro atoms. The molecule has 2 rings (SSSR count). The van der Waals surface area contributed by atoms with Crippen LogP contribution >= 0.6 is 0 Å². The van der Waals surface area contributed by atoms with E-state index in [9.17, 15) is 18.0 Å². The Hall–Kier alpha value is -2.18. The number of aromatic nitrogens is 2. The fourth-order valence-electron chi connectivity index (χ4n) is 1.59. The third-order valence-electron chi connectivity index (χ3n) is 2.54. The van der Waals surface area contributed by atoms with Crippen molar-refractivity contribution in [3.63, 3.8) is 0 Å². The lowest BCUT2D eigenvalue weighted by atomic mass is 10.1. The van der Waals surface area contributed by atoms with Gasteiger partial charge >= 0.3 is 12.1 Å². The van der Waals surface area contributed by atoms with Crippen LogP contribution in [0.3, 0.4) is 0 Å². The van der Waals surface area contributed by atoms with Gasteiger partial charge in [0.25, 0.3) is 0 Å². The Morgan fingerprint density at radius 2 is 1.94 bits per heavy atom. The summed E-state index contributed by atoms with van der Waals surface area (Å²) in [6, 6.07) is 0.800. The van der Waals surface area contributed by atoms with E-state index in [1.807, 2.05) is 0 Å². The third kappa shape index (κ3) is 1.99. The van der Waals surface area contributed by atoms with E-state index in [2.05, 4.69) is 9.97 Å². The summed E-state index contributed by atoms with van der Waals surface area (Å²) in [7, 11) is 0. The number of pyridine rings is 2. The van der Waals surface area contributed by atoms with E-state index in [0.717, 1.165) is 18.5 Å². The van der Waals surface area contributed by atoms with E-state index in [0.29, 0.717) is 10.9 Å². The van der Waals surface area contributed by atoms with Crippen molar-refractivity contribution in [3.8, 4) is 0 Å². The standard InChI is InChI=1S/C11H7F3N2O2/c1-5-6-3-16-9(11(12,13)14)2-8(6)15-4-7(5)10(17)18/h2-4H,1H3,(H,17,18). The summed E-state index contributed by atoms with van der Waals surface area (Å²) in [6.07, 6.45) is -2.51. The predicted octanol–water partition coefficient (Wildman–Crippen LogP) is 2.66. The summed E-state index contributed by atoms with van der Waals surface area (Å²) in [5.41, 5.74) is -0.692. The summed E-state index contributed by atoms with van der Waals surface area (Å²) < 4.78 is 37.3. The van der Waals surface area contributed by atoms with Crippen molar-refractivity contribution in [3.05, 3.63) is 35.3 Å². The number of nitrogens with zero attached hydrogens (tertiary/aromatic N) is 2. The molecule has 0 saturated carbocycles. The highest BCUT2D eigenvalue weighted by atomic mass is 19.4. The maximum absolute atomic E-state index is 12.4. The van der Waals surface area contributed by atoms with Crippen molar-refractivity contribution in [2.75, 3.05) is 0 Å². The first-order valence-corrected chi connectivity index (χ1v) is 4.86. The summed E-state index contributed by atoms with van der Waals surface area (Å²) in [6.45, 7) is 1.50. The smallest absolute Gasteiger partial charge is 0.433 e. The first-order valence-electron chi connectivity index (χ1n) is 4.86. The lowest BCUT2D eigenvalue weighted by molar-refractivity contribution is -0.141. The second-order valence-corrected chi connectivity index (χ2v) is 3.69. The third-order valence-corrected chi connectivity index (χ3v) is 2.54. The Labute approximate surface area is 99.1 Å². The molecular weight excluding hydrogens is 249 g/mol. The molecule has 0 radical (unpaired) electrons. The summed E-state index contributed by atoms with van der Waals surface area (Å²) in [5.74, 6) is -1.18. The Kier molecular flexibility index (Phi) is 2.68. The first kappa shape index (κ1) is 12.3. The van der Waals surface area contributed by atoms with Crippen molar-refractivity contribution < 1.29 is 23.1 Å². The van der Waals surface area contributed by atoms with Crippen LogP contribution in [-0.4, -0.2) is 21.0 Å². The van der Waals surface area contributed by atoms with Crippen molar-refractivity contribution in [1.29, 1.82) is 0 Å². The molecule has 0 fully saturated rings. The molecule has 0 amide bonds. The number of carbonyl (C=O) groups is 1. The molecule has 2 aromatic rings. The van der Waals surface area contributed by atoms with Crippen LogP contribution in [0, 0.1) is 6.92 Å². The molecule has 0 aromatic carbocycles. The molecule has 1 N–H and O–H groups in total. The first-order chi connectivity index (χ1) is 8.30. The number of carboxylic acids is 1. The van der Waals surface area contributed by atoms with Crippen molar-refractivity contribution in [1.82, 2.24) is 9.97 Å². The van der Waals surface area contributed by atoms with Crippen molar-refractivity contribution >= 4 is 16.9 Å². The molecule has 0 aliphatic carbocycles. The molecule has 18 heavy (non-hydrogen) atoms. The van der Waals surface area contributed by atoms with Gasteiger partial charge in [-0.3, -0.25) is 9.97 Å². The number of carboxylic acid groups (broad SMARTS) is 1. The van der Waals surface area contributed by atoms with E-state index in [1.54, 1.807) is 0 Å². The molecule has 94 valence electrons. The highest BCUT2D eigenvalue weighted by Crippen LogP contribution is 2.30. The van der Waals surface area contributed by atoms with Gasteiger partial charge in [-0.15, -0.1) is 0 Å². The van der Waals surface area contributed by atoms with Gasteiger partial charge in [-0.1, -0.05) is 0 Å². The van der Waals surface area contributed by atoms with Gasteiger partial charge in [-0.2, -0.15) is 13.2 Å². The fraction of sp³-hybridized carbons (Fsp3) is 0.182. The Morgan fingerprint density at radius 3 is 2.50 bits per heavy atom. The van der Waals surface area contributed by atoms with Crippen molar-refractivity contribution in [2.45, 2.75) is 13.1 Å². The van der Waals surface area contributed by atoms with Gasteiger partial charge in [0.2, 0.25) is 0 Å². The zero-order chi connectivity index (χ0) is 13.5.